The van der Waals surface area contributed by atoms with Crippen molar-refractivity contribution in [1.82, 2.24) is 4.57 Å². The summed E-state index contributed by atoms with van der Waals surface area (Å²) in [6, 6.07) is 89.2. The second-order valence-corrected chi connectivity index (χ2v) is 17.9. The minimum absolute atomic E-state index is 0.186. The van der Waals surface area contributed by atoms with E-state index < -0.39 is 5.41 Å². The van der Waals surface area contributed by atoms with E-state index in [4.69, 9.17) is 4.42 Å². The Morgan fingerprint density at radius 1 is 0.439 bits per heavy atom. The van der Waals surface area contributed by atoms with Gasteiger partial charge in [0, 0.05) is 33.0 Å². The van der Waals surface area contributed by atoms with Gasteiger partial charge in [-0.2, -0.15) is 0 Å². The standard InChI is InChI=1S/C64H45NO/c1-4-17-45(18-5-1)51(48-36-39-54-57(42-48)64(49-21-6-2-7-22-49,50-23-8-3-9-24-50)63-62(54)55-27-13-15-30-61(55)66-63)38-33-43-31-34-44(35-32-43)47-37-40-60-56(41-47)53-26-12-14-28-59(53)65(60)58-29-16-20-46-19-10-11-25-52(46)58/h1-32,34-37,39-42,51H,33,38H2. The normalized spacial score (nSPS) is 13.3. The fourth-order valence-corrected chi connectivity index (χ4v) is 11.3. The molecule has 0 fully saturated rings. The second-order valence-electron chi connectivity index (χ2n) is 17.9. The van der Waals surface area contributed by atoms with Crippen molar-refractivity contribution in [3.8, 4) is 27.9 Å². The zero-order valence-electron chi connectivity index (χ0n) is 36.4. The van der Waals surface area contributed by atoms with Gasteiger partial charge in [0.1, 0.15) is 16.8 Å². The van der Waals surface area contributed by atoms with Crippen LogP contribution in [-0.2, 0) is 11.8 Å². The summed E-state index contributed by atoms with van der Waals surface area (Å²) in [4.78, 5) is 0. The first-order chi connectivity index (χ1) is 32.7. The first-order valence-corrected chi connectivity index (χ1v) is 23.2. The highest BCUT2D eigenvalue weighted by Gasteiger charge is 2.50. The Balaban J connectivity index is 0.867. The molecule has 0 N–H and O–H groups in total. The molecule has 0 radical (unpaired) electrons. The molecular formula is C64H45NO. The number of para-hydroxylation sites is 2. The van der Waals surface area contributed by atoms with Crippen LogP contribution in [-0.4, -0.2) is 4.57 Å². The van der Waals surface area contributed by atoms with Crippen LogP contribution >= 0.6 is 0 Å². The molecule has 2 nitrogen and oxygen atoms in total. The SMILES string of the molecule is c1ccc(C(CCc2ccc(-c3ccc4c(c3)c3ccccc3n4-c3cccc4ccccc34)cc2)c2ccc3c(c2)C(c2ccccc2)(c2ccccc2)c2oc4ccccc4c2-3)cc1. The van der Waals surface area contributed by atoms with Crippen molar-refractivity contribution in [2.45, 2.75) is 24.2 Å². The van der Waals surface area contributed by atoms with Gasteiger partial charge in [-0.3, -0.25) is 0 Å². The molecule has 10 aromatic carbocycles. The molecule has 13 rings (SSSR count). The van der Waals surface area contributed by atoms with Crippen LogP contribution in [0.1, 0.15) is 51.5 Å². The van der Waals surface area contributed by atoms with Crippen LogP contribution < -0.4 is 0 Å². The summed E-state index contributed by atoms with van der Waals surface area (Å²) in [7, 11) is 0. The third kappa shape index (κ3) is 5.95. The monoisotopic (exact) mass is 843 g/mol. The van der Waals surface area contributed by atoms with Gasteiger partial charge in [-0.25, -0.2) is 0 Å². The van der Waals surface area contributed by atoms with E-state index in [9.17, 15) is 0 Å². The number of hydrogen-bond donors (Lipinski definition) is 0. The van der Waals surface area contributed by atoms with Crippen LogP contribution in [0.5, 0.6) is 0 Å². The fourth-order valence-electron chi connectivity index (χ4n) is 11.3. The second kappa shape index (κ2) is 15.5. The molecule has 312 valence electrons. The number of aryl methyl sites for hydroxylation is 1. The van der Waals surface area contributed by atoms with Gasteiger partial charge >= 0.3 is 0 Å². The van der Waals surface area contributed by atoms with Gasteiger partial charge in [0.25, 0.3) is 0 Å². The molecule has 0 saturated heterocycles. The van der Waals surface area contributed by atoms with Crippen molar-refractivity contribution in [2.75, 3.05) is 0 Å². The highest BCUT2D eigenvalue weighted by Crippen LogP contribution is 2.59. The molecule has 1 atom stereocenters. The third-order valence-corrected chi connectivity index (χ3v) is 14.4. The largest absolute Gasteiger partial charge is 0.459 e. The topological polar surface area (TPSA) is 18.1 Å². The van der Waals surface area contributed by atoms with Gasteiger partial charge < -0.3 is 8.98 Å². The molecular weight excluding hydrogens is 799 g/mol. The van der Waals surface area contributed by atoms with Crippen molar-refractivity contribution in [1.29, 1.82) is 0 Å². The molecule has 0 amide bonds. The number of fused-ring (bicyclic) bond motifs is 9. The number of hydrogen-bond acceptors (Lipinski definition) is 1. The summed E-state index contributed by atoms with van der Waals surface area (Å²) in [6.45, 7) is 0. The van der Waals surface area contributed by atoms with E-state index in [0.29, 0.717) is 0 Å². The summed E-state index contributed by atoms with van der Waals surface area (Å²) in [5.41, 5.74) is 16.5. The van der Waals surface area contributed by atoms with Crippen LogP contribution in [0.3, 0.4) is 0 Å². The van der Waals surface area contributed by atoms with Crippen LogP contribution in [0.25, 0.3) is 71.5 Å². The van der Waals surface area contributed by atoms with Crippen LogP contribution in [0.4, 0.5) is 0 Å². The maximum atomic E-state index is 7.02. The Morgan fingerprint density at radius 2 is 1.06 bits per heavy atom. The number of rotatable bonds is 9. The molecule has 0 spiro atoms. The lowest BCUT2D eigenvalue weighted by Gasteiger charge is -2.32. The molecule has 1 aliphatic carbocycles. The lowest BCUT2D eigenvalue weighted by molar-refractivity contribution is 0.501. The third-order valence-electron chi connectivity index (χ3n) is 14.4. The van der Waals surface area contributed by atoms with E-state index in [2.05, 4.69) is 247 Å². The molecule has 0 saturated carbocycles. The van der Waals surface area contributed by atoms with E-state index in [1.165, 1.54) is 93.9 Å². The molecule has 0 bridgehead atoms. The summed E-state index contributed by atoms with van der Waals surface area (Å²) in [5, 5.41) is 6.18. The van der Waals surface area contributed by atoms with Gasteiger partial charge in [-0.05, 0) is 98.6 Å². The van der Waals surface area contributed by atoms with E-state index in [1.54, 1.807) is 0 Å². The molecule has 12 aromatic rings. The quantitative estimate of drug-likeness (QED) is 0.142. The molecule has 2 aromatic heterocycles. The fraction of sp³-hybridized carbons (Fsp3) is 0.0625. The van der Waals surface area contributed by atoms with Crippen LogP contribution in [0.15, 0.2) is 247 Å². The minimum Gasteiger partial charge on any atom is -0.459 e. The first-order valence-electron chi connectivity index (χ1n) is 23.2. The molecule has 1 aliphatic rings. The molecule has 2 heteroatoms. The summed E-state index contributed by atoms with van der Waals surface area (Å²) in [6.07, 6.45) is 1.92. The predicted octanol–water partition coefficient (Wildman–Crippen LogP) is 16.5. The average molecular weight is 844 g/mol. The minimum atomic E-state index is -0.618. The maximum Gasteiger partial charge on any atom is 0.135 e. The molecule has 0 aliphatic heterocycles. The van der Waals surface area contributed by atoms with E-state index >= 15 is 0 Å². The lowest BCUT2D eigenvalue weighted by atomic mass is 9.69. The van der Waals surface area contributed by atoms with E-state index in [1.807, 2.05) is 0 Å². The highest BCUT2D eigenvalue weighted by atomic mass is 16.3. The van der Waals surface area contributed by atoms with Gasteiger partial charge in [-0.15, -0.1) is 0 Å². The molecule has 66 heavy (non-hydrogen) atoms. The van der Waals surface area contributed by atoms with Crippen molar-refractivity contribution in [3.05, 3.63) is 282 Å². The molecule has 1 unspecified atom stereocenters. The lowest BCUT2D eigenvalue weighted by Crippen LogP contribution is -2.28. The average Bonchev–Trinajstić information content (AvgIpc) is 4.03. The van der Waals surface area contributed by atoms with Gasteiger partial charge in [0.15, 0.2) is 0 Å². The summed E-state index contributed by atoms with van der Waals surface area (Å²) >= 11 is 0. The Bertz CT molecular complexity index is 3700. The maximum absolute atomic E-state index is 7.02. The summed E-state index contributed by atoms with van der Waals surface area (Å²) in [5.74, 6) is 1.19. The Kier molecular flexibility index (Phi) is 8.99. The van der Waals surface area contributed by atoms with Crippen molar-refractivity contribution < 1.29 is 4.42 Å². The van der Waals surface area contributed by atoms with E-state index in [0.717, 1.165) is 29.6 Å². The van der Waals surface area contributed by atoms with Crippen LogP contribution in [0, 0.1) is 0 Å². The Hall–Kier alpha value is -8.20. The van der Waals surface area contributed by atoms with Gasteiger partial charge in [0.05, 0.1) is 16.7 Å². The van der Waals surface area contributed by atoms with Crippen molar-refractivity contribution in [3.63, 3.8) is 0 Å². The first kappa shape index (κ1) is 38.3. The summed E-state index contributed by atoms with van der Waals surface area (Å²) < 4.78 is 9.46. The zero-order chi connectivity index (χ0) is 43.6. The Morgan fingerprint density at radius 3 is 1.83 bits per heavy atom. The number of furan rings is 1. The number of aromatic nitrogens is 1. The van der Waals surface area contributed by atoms with Crippen LogP contribution in [0.2, 0.25) is 0 Å². The van der Waals surface area contributed by atoms with E-state index in [-0.39, 0.29) is 5.92 Å². The van der Waals surface area contributed by atoms with Crippen molar-refractivity contribution >= 4 is 43.5 Å². The Labute approximate surface area is 384 Å². The number of benzene rings is 10. The van der Waals surface area contributed by atoms with Gasteiger partial charge in [0.2, 0.25) is 0 Å². The van der Waals surface area contributed by atoms with Crippen molar-refractivity contribution in [2.24, 2.45) is 0 Å². The zero-order valence-corrected chi connectivity index (χ0v) is 36.4. The predicted molar refractivity (Wildman–Crippen MR) is 274 cm³/mol. The highest BCUT2D eigenvalue weighted by molar-refractivity contribution is 6.11. The number of nitrogens with zero attached hydrogens (tertiary/aromatic N) is 1. The van der Waals surface area contributed by atoms with Gasteiger partial charge in [-0.1, -0.05) is 212 Å². The molecule has 2 heterocycles. The smallest absolute Gasteiger partial charge is 0.135 e.